The Balaban J connectivity index is 2.18. The van der Waals surface area contributed by atoms with E-state index in [1.165, 1.54) is 18.2 Å². The van der Waals surface area contributed by atoms with Gasteiger partial charge in [-0.1, -0.05) is 0 Å². The summed E-state index contributed by atoms with van der Waals surface area (Å²) in [5.74, 6) is 1.10. The minimum atomic E-state index is 0.709. The molecule has 1 heterocycles. The van der Waals surface area contributed by atoms with Gasteiger partial charge in [0.1, 0.15) is 0 Å². The predicted molar refractivity (Wildman–Crippen MR) is 50.2 cm³/mol. The first-order valence-corrected chi connectivity index (χ1v) is 6.58. The van der Waals surface area contributed by atoms with Crippen LogP contribution in [0.5, 0.6) is 0 Å². The molecule has 0 aromatic rings. The van der Waals surface area contributed by atoms with Gasteiger partial charge < -0.3 is 0 Å². The maximum atomic E-state index is 4.43. The van der Waals surface area contributed by atoms with Gasteiger partial charge in [0.25, 0.3) is 0 Å². The van der Waals surface area contributed by atoms with Crippen molar-refractivity contribution in [2.24, 2.45) is 0 Å². The van der Waals surface area contributed by atoms with Crippen LogP contribution in [-0.2, 0) is 0 Å². The van der Waals surface area contributed by atoms with Crippen LogP contribution < -0.4 is 0 Å². The van der Waals surface area contributed by atoms with Crippen molar-refractivity contribution in [3.05, 3.63) is 0 Å². The Morgan fingerprint density at radius 3 is 2.67 bits per heavy atom. The van der Waals surface area contributed by atoms with Crippen LogP contribution in [0.2, 0.25) is 10.1 Å². The number of rotatable bonds is 1. The second kappa shape index (κ2) is 4.17. The first-order valence-electron chi connectivity index (χ1n) is 3.23. The zero-order valence-electron chi connectivity index (χ0n) is 5.29. The third-order valence-electron chi connectivity index (χ3n) is 1.55. The number of hydrogen-bond donors (Lipinski definition) is 2. The molecule has 9 heavy (non-hydrogen) atoms. The Hall–Kier alpha value is 1.22. The van der Waals surface area contributed by atoms with Crippen LogP contribution in [0, 0.1) is 0 Å². The average molecular weight is 227 g/mol. The van der Waals surface area contributed by atoms with E-state index >= 15 is 0 Å². The van der Waals surface area contributed by atoms with Gasteiger partial charge in [0.2, 0.25) is 0 Å². The van der Waals surface area contributed by atoms with Crippen LogP contribution >= 0.6 is 25.3 Å². The second-order valence-corrected chi connectivity index (χ2v) is 6.26. The minimum absolute atomic E-state index is 0.709. The zero-order valence-corrected chi connectivity index (χ0v) is 8.79. The monoisotopic (exact) mass is 228 g/mol. The fourth-order valence-corrected chi connectivity index (χ4v) is 4.51. The standard InChI is InChI=1S/C6H12S2Se/c7-3-6-2-1-5(8)4-9-6/h5-8H,1-4H2. The van der Waals surface area contributed by atoms with E-state index in [9.17, 15) is 0 Å². The summed E-state index contributed by atoms with van der Waals surface area (Å²) in [7, 11) is 0. The van der Waals surface area contributed by atoms with Crippen molar-refractivity contribution in [2.75, 3.05) is 5.75 Å². The zero-order chi connectivity index (χ0) is 6.69. The van der Waals surface area contributed by atoms with E-state index in [4.69, 9.17) is 0 Å². The molecular formula is C6H12S2Se. The predicted octanol–water partition coefficient (Wildman–Crippen LogP) is 1.92. The third kappa shape index (κ3) is 2.75. The summed E-state index contributed by atoms with van der Waals surface area (Å²) < 4.78 is 0. The van der Waals surface area contributed by atoms with Crippen molar-refractivity contribution in [2.45, 2.75) is 28.2 Å². The molecule has 1 aliphatic rings. The van der Waals surface area contributed by atoms with Crippen molar-refractivity contribution in [1.29, 1.82) is 0 Å². The van der Waals surface area contributed by atoms with E-state index in [-0.39, 0.29) is 0 Å². The van der Waals surface area contributed by atoms with Crippen LogP contribution in [0.15, 0.2) is 0 Å². The molecule has 0 spiro atoms. The summed E-state index contributed by atoms with van der Waals surface area (Å²) in [5, 5.41) is 2.07. The van der Waals surface area contributed by atoms with Gasteiger partial charge in [-0.15, -0.1) is 0 Å². The maximum absolute atomic E-state index is 4.43. The summed E-state index contributed by atoms with van der Waals surface area (Å²) >= 11 is 9.55. The van der Waals surface area contributed by atoms with Gasteiger partial charge in [-0.05, 0) is 0 Å². The topological polar surface area (TPSA) is 0 Å². The van der Waals surface area contributed by atoms with Crippen molar-refractivity contribution < 1.29 is 0 Å². The molecule has 1 aliphatic heterocycles. The van der Waals surface area contributed by atoms with E-state index in [0.717, 1.165) is 25.5 Å². The van der Waals surface area contributed by atoms with Gasteiger partial charge in [-0.3, -0.25) is 0 Å². The SMILES string of the molecule is SCC1CCC(S)C[Se]1. The van der Waals surface area contributed by atoms with Crippen molar-refractivity contribution >= 4 is 40.2 Å². The van der Waals surface area contributed by atoms with E-state index < -0.39 is 0 Å². The van der Waals surface area contributed by atoms with E-state index in [1.54, 1.807) is 0 Å². The molecular weight excluding hydrogens is 215 g/mol. The summed E-state index contributed by atoms with van der Waals surface area (Å²) in [6.07, 6.45) is 2.69. The van der Waals surface area contributed by atoms with Crippen molar-refractivity contribution in [1.82, 2.24) is 0 Å². The Labute approximate surface area is 74.1 Å². The van der Waals surface area contributed by atoms with Gasteiger partial charge in [-0.2, -0.15) is 0 Å². The van der Waals surface area contributed by atoms with Crippen LogP contribution in [0.25, 0.3) is 0 Å². The summed E-state index contributed by atoms with van der Waals surface area (Å²) in [6.45, 7) is 0. The molecule has 0 radical (unpaired) electrons. The summed E-state index contributed by atoms with van der Waals surface area (Å²) in [5.41, 5.74) is 0. The molecule has 1 fully saturated rings. The Kier molecular flexibility index (Phi) is 3.86. The van der Waals surface area contributed by atoms with E-state index in [0.29, 0.717) is 5.25 Å². The quantitative estimate of drug-likeness (QED) is 0.496. The van der Waals surface area contributed by atoms with Gasteiger partial charge in [-0.25, -0.2) is 0 Å². The Bertz CT molecular complexity index is 79.1. The molecule has 0 amide bonds. The molecule has 2 unspecified atom stereocenters. The third-order valence-corrected chi connectivity index (χ3v) is 6.62. The molecule has 3 heteroatoms. The van der Waals surface area contributed by atoms with E-state index in [1.807, 2.05) is 0 Å². The molecule has 54 valence electrons. The first kappa shape index (κ1) is 8.32. The Morgan fingerprint density at radius 2 is 2.22 bits per heavy atom. The molecule has 1 rings (SSSR count). The molecule has 0 aromatic carbocycles. The van der Waals surface area contributed by atoms with Crippen LogP contribution in [0.4, 0.5) is 0 Å². The van der Waals surface area contributed by atoms with E-state index in [2.05, 4.69) is 25.3 Å². The molecule has 2 atom stereocenters. The van der Waals surface area contributed by atoms with Gasteiger partial charge in [0, 0.05) is 0 Å². The van der Waals surface area contributed by atoms with Crippen molar-refractivity contribution in [3.63, 3.8) is 0 Å². The van der Waals surface area contributed by atoms with Gasteiger partial charge in [0.15, 0.2) is 0 Å². The molecule has 0 nitrogen and oxygen atoms in total. The molecule has 0 N–H and O–H groups in total. The number of thiol groups is 2. The summed E-state index contributed by atoms with van der Waals surface area (Å²) in [6, 6.07) is 0. The Morgan fingerprint density at radius 1 is 1.44 bits per heavy atom. The van der Waals surface area contributed by atoms with Crippen molar-refractivity contribution in [3.8, 4) is 0 Å². The fraction of sp³-hybridized carbons (Fsp3) is 1.00. The number of hydrogen-bond acceptors (Lipinski definition) is 2. The normalized spacial score (nSPS) is 36.7. The molecule has 0 aliphatic carbocycles. The molecule has 0 aromatic heterocycles. The molecule has 1 saturated heterocycles. The fourth-order valence-electron chi connectivity index (χ4n) is 0.936. The van der Waals surface area contributed by atoms with Crippen LogP contribution in [0.1, 0.15) is 12.8 Å². The van der Waals surface area contributed by atoms with Gasteiger partial charge in [0.05, 0.1) is 0 Å². The molecule has 0 saturated carbocycles. The van der Waals surface area contributed by atoms with Gasteiger partial charge >= 0.3 is 74.2 Å². The van der Waals surface area contributed by atoms with Crippen LogP contribution in [0.3, 0.4) is 0 Å². The van der Waals surface area contributed by atoms with Crippen LogP contribution in [-0.4, -0.2) is 26.0 Å². The first-order chi connectivity index (χ1) is 4.33. The summed E-state index contributed by atoms with van der Waals surface area (Å²) in [4.78, 5) is 0.948. The average Bonchev–Trinajstić information content (AvgIpc) is 1.90. The second-order valence-electron chi connectivity index (χ2n) is 2.37. The molecule has 0 bridgehead atoms.